The summed E-state index contributed by atoms with van der Waals surface area (Å²) >= 11 is 1.46. The zero-order chi connectivity index (χ0) is 13.6. The predicted octanol–water partition coefficient (Wildman–Crippen LogP) is 0.970. The van der Waals surface area contributed by atoms with Crippen molar-refractivity contribution in [1.82, 2.24) is 5.32 Å². The Balaban J connectivity index is 2.35. The van der Waals surface area contributed by atoms with Crippen molar-refractivity contribution in [1.29, 1.82) is 0 Å². The molecule has 0 heterocycles. The Morgan fingerprint density at radius 3 is 2.61 bits per heavy atom. The van der Waals surface area contributed by atoms with Crippen molar-refractivity contribution in [2.45, 2.75) is 50.6 Å². The van der Waals surface area contributed by atoms with Crippen LogP contribution in [-0.2, 0) is 9.59 Å². The maximum Gasteiger partial charge on any atom is 0.323 e. The fourth-order valence-electron chi connectivity index (χ4n) is 1.94. The van der Waals surface area contributed by atoms with E-state index in [4.69, 9.17) is 5.73 Å². The average molecular weight is 274 g/mol. The number of nitrogens with two attached hydrogens (primary N) is 1. The van der Waals surface area contributed by atoms with E-state index in [1.807, 2.05) is 6.92 Å². The second-order valence-corrected chi connectivity index (χ2v) is 5.89. The van der Waals surface area contributed by atoms with E-state index in [0.29, 0.717) is 24.6 Å². The van der Waals surface area contributed by atoms with Gasteiger partial charge < -0.3 is 10.8 Å². The number of carboxylic acid groups (broad SMARTS) is 1. The first-order chi connectivity index (χ1) is 8.50. The van der Waals surface area contributed by atoms with Crippen LogP contribution in [0.5, 0.6) is 0 Å². The van der Waals surface area contributed by atoms with Gasteiger partial charge in [0, 0.05) is 6.04 Å². The average Bonchev–Trinajstić information content (AvgIpc) is 3.10. The minimum absolute atomic E-state index is 0.308. The third-order valence-corrected chi connectivity index (χ3v) is 4.27. The highest BCUT2D eigenvalue weighted by atomic mass is 32.2. The van der Waals surface area contributed by atoms with Gasteiger partial charge >= 0.3 is 5.97 Å². The van der Waals surface area contributed by atoms with E-state index in [1.165, 1.54) is 11.8 Å². The molecular weight excluding hydrogens is 252 g/mol. The van der Waals surface area contributed by atoms with Gasteiger partial charge in [-0.15, -0.1) is 0 Å². The van der Waals surface area contributed by atoms with Gasteiger partial charge in [0.25, 0.3) is 0 Å². The van der Waals surface area contributed by atoms with E-state index in [0.717, 1.165) is 25.0 Å². The van der Waals surface area contributed by atoms with Crippen LogP contribution in [0.3, 0.4) is 0 Å². The molecule has 0 bridgehead atoms. The number of primary amides is 1. The summed E-state index contributed by atoms with van der Waals surface area (Å²) in [5.41, 5.74) is 4.25. The molecule has 0 aromatic heterocycles. The van der Waals surface area contributed by atoms with Crippen molar-refractivity contribution < 1.29 is 14.7 Å². The van der Waals surface area contributed by atoms with Crippen LogP contribution in [0.25, 0.3) is 0 Å². The van der Waals surface area contributed by atoms with Crippen molar-refractivity contribution in [3.05, 3.63) is 0 Å². The van der Waals surface area contributed by atoms with Crippen molar-refractivity contribution in [3.63, 3.8) is 0 Å². The number of amides is 1. The highest BCUT2D eigenvalue weighted by molar-refractivity contribution is 7.99. The molecule has 4 N–H and O–H groups in total. The van der Waals surface area contributed by atoms with Crippen LogP contribution in [-0.4, -0.2) is 40.1 Å². The number of carbonyl (C=O) groups is 2. The normalized spacial score (nSPS) is 18.3. The molecule has 0 aliphatic heterocycles. The SMILES string of the molecule is CCC(CCCSCC(N)=O)(NC1CC1)C(=O)O. The zero-order valence-corrected chi connectivity index (χ0v) is 11.6. The molecule has 0 saturated heterocycles. The summed E-state index contributed by atoms with van der Waals surface area (Å²) in [5.74, 6) is -0.0140. The maximum absolute atomic E-state index is 11.4. The highest BCUT2D eigenvalue weighted by Crippen LogP contribution is 2.27. The monoisotopic (exact) mass is 274 g/mol. The quantitative estimate of drug-likeness (QED) is 0.516. The maximum atomic E-state index is 11.4. The molecule has 0 aromatic carbocycles. The van der Waals surface area contributed by atoms with Gasteiger partial charge in [0.2, 0.25) is 5.91 Å². The summed E-state index contributed by atoms with van der Waals surface area (Å²) in [6.07, 6.45) is 4.11. The summed E-state index contributed by atoms with van der Waals surface area (Å²) in [6.45, 7) is 1.90. The Bertz CT molecular complexity index is 308. The molecule has 1 saturated carbocycles. The van der Waals surface area contributed by atoms with Gasteiger partial charge in [-0.2, -0.15) is 11.8 Å². The second-order valence-electron chi connectivity index (χ2n) is 4.78. The summed E-state index contributed by atoms with van der Waals surface area (Å²) in [4.78, 5) is 22.0. The number of hydrogen-bond acceptors (Lipinski definition) is 4. The molecule has 18 heavy (non-hydrogen) atoms. The number of rotatable bonds is 10. The lowest BCUT2D eigenvalue weighted by atomic mass is 9.90. The van der Waals surface area contributed by atoms with E-state index in [1.54, 1.807) is 0 Å². The van der Waals surface area contributed by atoms with E-state index >= 15 is 0 Å². The summed E-state index contributed by atoms with van der Waals surface area (Å²) in [5, 5.41) is 12.7. The number of aliphatic carboxylic acids is 1. The number of carbonyl (C=O) groups excluding carboxylic acids is 1. The van der Waals surface area contributed by atoms with Crippen LogP contribution in [0.15, 0.2) is 0 Å². The lowest BCUT2D eigenvalue weighted by Gasteiger charge is -2.29. The van der Waals surface area contributed by atoms with E-state index in [9.17, 15) is 14.7 Å². The fraction of sp³-hybridized carbons (Fsp3) is 0.833. The minimum Gasteiger partial charge on any atom is -0.480 e. The van der Waals surface area contributed by atoms with Gasteiger partial charge in [0.1, 0.15) is 5.54 Å². The highest BCUT2D eigenvalue weighted by Gasteiger charge is 2.40. The number of hydrogen-bond donors (Lipinski definition) is 3. The zero-order valence-electron chi connectivity index (χ0n) is 10.8. The second kappa shape index (κ2) is 6.99. The van der Waals surface area contributed by atoms with Crippen LogP contribution < -0.4 is 11.1 Å². The first-order valence-corrected chi connectivity index (χ1v) is 7.53. The summed E-state index contributed by atoms with van der Waals surface area (Å²) in [7, 11) is 0. The molecule has 1 aliphatic rings. The topological polar surface area (TPSA) is 92.4 Å². The molecule has 0 spiro atoms. The first-order valence-electron chi connectivity index (χ1n) is 6.37. The van der Waals surface area contributed by atoms with Crippen LogP contribution in [0.2, 0.25) is 0 Å². The van der Waals surface area contributed by atoms with Gasteiger partial charge in [-0.25, -0.2) is 0 Å². The van der Waals surface area contributed by atoms with Gasteiger partial charge in [-0.1, -0.05) is 6.92 Å². The Morgan fingerprint density at radius 1 is 1.50 bits per heavy atom. The fourth-order valence-corrected chi connectivity index (χ4v) is 2.63. The van der Waals surface area contributed by atoms with Crippen molar-refractivity contribution in [2.75, 3.05) is 11.5 Å². The summed E-state index contributed by atoms with van der Waals surface area (Å²) in [6, 6.07) is 0.374. The van der Waals surface area contributed by atoms with E-state index < -0.39 is 11.5 Å². The molecular formula is C12H22N2O3S. The third-order valence-electron chi connectivity index (χ3n) is 3.21. The van der Waals surface area contributed by atoms with E-state index in [2.05, 4.69) is 5.32 Å². The molecule has 1 rings (SSSR count). The Kier molecular flexibility index (Phi) is 5.95. The van der Waals surface area contributed by atoms with Crippen molar-refractivity contribution in [2.24, 2.45) is 5.73 Å². The van der Waals surface area contributed by atoms with Crippen molar-refractivity contribution >= 4 is 23.6 Å². The number of carboxylic acids is 1. The smallest absolute Gasteiger partial charge is 0.323 e. The Labute approximate surface area is 112 Å². The molecule has 1 amide bonds. The van der Waals surface area contributed by atoms with E-state index in [-0.39, 0.29) is 5.91 Å². The lowest BCUT2D eigenvalue weighted by molar-refractivity contribution is -0.145. The molecule has 0 radical (unpaired) electrons. The molecule has 0 aromatic rings. The molecule has 1 atom stereocenters. The van der Waals surface area contributed by atoms with Gasteiger partial charge in [-0.3, -0.25) is 14.9 Å². The summed E-state index contributed by atoms with van der Waals surface area (Å²) < 4.78 is 0. The first kappa shape index (κ1) is 15.3. The Morgan fingerprint density at radius 2 is 2.17 bits per heavy atom. The molecule has 104 valence electrons. The van der Waals surface area contributed by atoms with Crippen LogP contribution in [0.1, 0.15) is 39.0 Å². The third kappa shape index (κ3) is 4.86. The molecule has 1 aliphatic carbocycles. The van der Waals surface area contributed by atoms with Crippen LogP contribution >= 0.6 is 11.8 Å². The lowest BCUT2D eigenvalue weighted by Crippen LogP contribution is -2.52. The molecule has 1 unspecified atom stereocenters. The predicted molar refractivity (Wildman–Crippen MR) is 72.6 cm³/mol. The number of nitrogens with one attached hydrogen (secondary N) is 1. The van der Waals surface area contributed by atoms with Gasteiger partial charge in [0.05, 0.1) is 5.75 Å². The van der Waals surface area contributed by atoms with Gasteiger partial charge in [0.15, 0.2) is 0 Å². The largest absolute Gasteiger partial charge is 0.480 e. The minimum atomic E-state index is -0.797. The number of thioether (sulfide) groups is 1. The molecule has 5 nitrogen and oxygen atoms in total. The van der Waals surface area contributed by atoms with Crippen molar-refractivity contribution in [3.8, 4) is 0 Å². The molecule has 1 fully saturated rings. The van der Waals surface area contributed by atoms with Crippen LogP contribution in [0.4, 0.5) is 0 Å². The Hall–Kier alpha value is -0.750. The standard InChI is InChI=1S/C12H22N2O3S/c1-2-12(11(16)17,14-9-4-5-9)6-3-7-18-8-10(13)15/h9,14H,2-8H2,1H3,(H2,13,15)(H,16,17). The molecule has 6 heteroatoms. The van der Waals surface area contributed by atoms with Gasteiger partial charge in [-0.05, 0) is 37.9 Å². The van der Waals surface area contributed by atoms with Crippen LogP contribution in [0, 0.1) is 0 Å².